The Bertz CT molecular complexity index is 424. The summed E-state index contributed by atoms with van der Waals surface area (Å²) in [7, 11) is 0. The summed E-state index contributed by atoms with van der Waals surface area (Å²) in [5, 5.41) is 0. The number of hydrogen-bond donors (Lipinski definition) is 1. The molecule has 0 radical (unpaired) electrons. The quantitative estimate of drug-likeness (QED) is 0.874. The molecular weight excluding hydrogens is 231 g/mol. The van der Waals surface area contributed by atoms with Crippen molar-refractivity contribution in [2.45, 2.75) is 32.4 Å². The van der Waals surface area contributed by atoms with E-state index in [2.05, 4.69) is 0 Å². The highest BCUT2D eigenvalue weighted by molar-refractivity contribution is 5.76. The van der Waals surface area contributed by atoms with Crippen LogP contribution in [0.15, 0.2) is 18.2 Å². The fourth-order valence-corrected chi connectivity index (χ4v) is 1.66. The molecule has 94 valence electrons. The van der Waals surface area contributed by atoms with E-state index < -0.39 is 17.6 Å². The lowest BCUT2D eigenvalue weighted by molar-refractivity contribution is -0.138. The van der Waals surface area contributed by atoms with Gasteiger partial charge < -0.3 is 5.73 Å². The van der Waals surface area contributed by atoms with Crippen LogP contribution in [0.5, 0.6) is 0 Å². The smallest absolute Gasteiger partial charge is 0.369 e. The van der Waals surface area contributed by atoms with Gasteiger partial charge >= 0.3 is 6.18 Å². The van der Waals surface area contributed by atoms with E-state index in [1.165, 1.54) is 12.1 Å². The first-order valence-corrected chi connectivity index (χ1v) is 5.20. The van der Waals surface area contributed by atoms with Crippen LogP contribution in [0.2, 0.25) is 0 Å². The second kappa shape index (κ2) is 4.77. The summed E-state index contributed by atoms with van der Waals surface area (Å²) in [5.74, 6) is -0.871. The number of halogens is 3. The van der Waals surface area contributed by atoms with Crippen molar-refractivity contribution in [3.63, 3.8) is 0 Å². The lowest BCUT2D eigenvalue weighted by Crippen LogP contribution is -2.16. The van der Waals surface area contributed by atoms with Crippen LogP contribution in [0, 0.1) is 0 Å². The maximum atomic E-state index is 12.8. The second-order valence-corrected chi connectivity index (χ2v) is 4.22. The minimum absolute atomic E-state index is 0.179. The fourth-order valence-electron chi connectivity index (χ4n) is 1.66. The highest BCUT2D eigenvalue weighted by Gasteiger charge is 2.34. The van der Waals surface area contributed by atoms with Crippen molar-refractivity contribution in [3.8, 4) is 0 Å². The average Bonchev–Trinajstić information content (AvgIpc) is 2.14. The molecule has 5 heteroatoms. The molecule has 17 heavy (non-hydrogen) atoms. The minimum atomic E-state index is -4.41. The Labute approximate surface area is 97.6 Å². The molecule has 0 unspecified atom stereocenters. The van der Waals surface area contributed by atoms with Gasteiger partial charge in [0.2, 0.25) is 5.91 Å². The summed E-state index contributed by atoms with van der Waals surface area (Å²) >= 11 is 0. The molecule has 1 amide bonds. The van der Waals surface area contributed by atoms with E-state index >= 15 is 0 Å². The topological polar surface area (TPSA) is 43.1 Å². The lowest BCUT2D eigenvalue weighted by atomic mass is 9.94. The summed E-state index contributed by atoms with van der Waals surface area (Å²) in [6.45, 7) is 3.39. The van der Waals surface area contributed by atoms with Gasteiger partial charge in [0.25, 0.3) is 0 Å². The molecule has 0 saturated heterocycles. The first-order chi connectivity index (χ1) is 7.71. The highest BCUT2D eigenvalue weighted by atomic mass is 19.4. The highest BCUT2D eigenvalue weighted by Crippen LogP contribution is 2.35. The van der Waals surface area contributed by atoms with Crippen LogP contribution in [0.1, 0.15) is 36.5 Å². The van der Waals surface area contributed by atoms with Crippen LogP contribution in [-0.2, 0) is 17.4 Å². The number of carbonyl (C=O) groups excluding carboxylic acids is 1. The van der Waals surface area contributed by atoms with Crippen molar-refractivity contribution >= 4 is 5.91 Å². The zero-order valence-electron chi connectivity index (χ0n) is 9.64. The Morgan fingerprint density at radius 3 is 2.35 bits per heavy atom. The molecule has 0 aliphatic carbocycles. The van der Waals surface area contributed by atoms with Crippen molar-refractivity contribution in [2.24, 2.45) is 5.73 Å². The van der Waals surface area contributed by atoms with Gasteiger partial charge in [0.15, 0.2) is 0 Å². The molecule has 0 spiro atoms. The first-order valence-electron chi connectivity index (χ1n) is 5.20. The predicted octanol–water partition coefficient (Wildman–Crippen LogP) is 2.86. The van der Waals surface area contributed by atoms with Gasteiger partial charge in [-0.15, -0.1) is 0 Å². The van der Waals surface area contributed by atoms with Gasteiger partial charge in [-0.05, 0) is 23.1 Å². The van der Waals surface area contributed by atoms with Gasteiger partial charge in [-0.25, -0.2) is 0 Å². The molecule has 0 aromatic heterocycles. The van der Waals surface area contributed by atoms with Crippen LogP contribution in [-0.4, -0.2) is 5.91 Å². The van der Waals surface area contributed by atoms with E-state index in [1.807, 2.05) is 0 Å². The Kier molecular flexibility index (Phi) is 3.80. The Morgan fingerprint density at radius 2 is 1.94 bits per heavy atom. The average molecular weight is 245 g/mol. The molecule has 0 aliphatic rings. The van der Waals surface area contributed by atoms with Crippen molar-refractivity contribution in [1.82, 2.24) is 0 Å². The third kappa shape index (κ3) is 3.47. The number of primary amides is 1. The Balaban J connectivity index is 3.24. The molecule has 2 N–H and O–H groups in total. The molecule has 1 aromatic carbocycles. The number of carbonyl (C=O) groups is 1. The monoisotopic (exact) mass is 245 g/mol. The summed E-state index contributed by atoms with van der Waals surface area (Å²) in [4.78, 5) is 10.7. The van der Waals surface area contributed by atoms with Gasteiger partial charge in [-0.1, -0.05) is 26.0 Å². The first kappa shape index (κ1) is 13.5. The molecule has 0 bridgehead atoms. The van der Waals surface area contributed by atoms with Crippen LogP contribution in [0.25, 0.3) is 0 Å². The summed E-state index contributed by atoms with van der Waals surface area (Å²) < 4.78 is 38.4. The Hall–Kier alpha value is -1.52. The van der Waals surface area contributed by atoms with Gasteiger partial charge in [0, 0.05) is 0 Å². The number of hydrogen-bond acceptors (Lipinski definition) is 1. The maximum Gasteiger partial charge on any atom is 0.416 e. The largest absolute Gasteiger partial charge is 0.416 e. The zero-order valence-corrected chi connectivity index (χ0v) is 9.64. The third-order valence-electron chi connectivity index (χ3n) is 2.42. The van der Waals surface area contributed by atoms with Crippen molar-refractivity contribution in [2.75, 3.05) is 0 Å². The molecule has 1 aromatic rings. The number of benzene rings is 1. The van der Waals surface area contributed by atoms with E-state index in [0.717, 1.165) is 6.07 Å². The van der Waals surface area contributed by atoms with Crippen molar-refractivity contribution < 1.29 is 18.0 Å². The van der Waals surface area contributed by atoms with Gasteiger partial charge in [0.05, 0.1) is 12.0 Å². The molecule has 0 heterocycles. The standard InChI is InChI=1S/C12H14F3NO/c1-7(2)9-4-3-8(6-11(16)17)5-10(9)12(13,14)15/h3-5,7H,6H2,1-2H3,(H2,16,17). The Morgan fingerprint density at radius 1 is 1.35 bits per heavy atom. The van der Waals surface area contributed by atoms with E-state index in [0.29, 0.717) is 0 Å². The fraction of sp³-hybridized carbons (Fsp3) is 0.417. The number of alkyl halides is 3. The molecule has 0 atom stereocenters. The predicted molar refractivity (Wildman–Crippen MR) is 58.4 cm³/mol. The number of nitrogens with two attached hydrogens (primary N) is 1. The van der Waals surface area contributed by atoms with Crippen molar-refractivity contribution in [3.05, 3.63) is 34.9 Å². The SMILES string of the molecule is CC(C)c1ccc(CC(N)=O)cc1C(F)(F)F. The minimum Gasteiger partial charge on any atom is -0.369 e. The molecule has 0 fully saturated rings. The van der Waals surface area contributed by atoms with Crippen LogP contribution >= 0.6 is 0 Å². The molecular formula is C12H14F3NO. The van der Waals surface area contributed by atoms with Crippen molar-refractivity contribution in [1.29, 1.82) is 0 Å². The second-order valence-electron chi connectivity index (χ2n) is 4.22. The van der Waals surface area contributed by atoms with E-state index in [-0.39, 0.29) is 23.5 Å². The van der Waals surface area contributed by atoms with E-state index in [4.69, 9.17) is 5.73 Å². The summed E-state index contributed by atoms with van der Waals surface area (Å²) in [6.07, 6.45) is -4.59. The lowest BCUT2D eigenvalue weighted by Gasteiger charge is -2.16. The van der Waals surface area contributed by atoms with Gasteiger partial charge in [-0.2, -0.15) is 13.2 Å². The van der Waals surface area contributed by atoms with Crippen LogP contribution < -0.4 is 5.73 Å². The van der Waals surface area contributed by atoms with E-state index in [1.54, 1.807) is 13.8 Å². The normalized spacial score (nSPS) is 11.9. The number of rotatable bonds is 3. The van der Waals surface area contributed by atoms with Gasteiger partial charge in [0.1, 0.15) is 0 Å². The number of amides is 1. The van der Waals surface area contributed by atoms with Crippen LogP contribution in [0.3, 0.4) is 0 Å². The summed E-state index contributed by atoms with van der Waals surface area (Å²) in [5.41, 5.74) is 4.79. The summed E-state index contributed by atoms with van der Waals surface area (Å²) in [6, 6.07) is 3.92. The van der Waals surface area contributed by atoms with Gasteiger partial charge in [-0.3, -0.25) is 4.79 Å². The molecule has 0 saturated carbocycles. The zero-order chi connectivity index (χ0) is 13.2. The van der Waals surface area contributed by atoms with E-state index in [9.17, 15) is 18.0 Å². The molecule has 1 rings (SSSR count). The molecule has 0 aliphatic heterocycles. The third-order valence-corrected chi connectivity index (χ3v) is 2.42. The maximum absolute atomic E-state index is 12.8. The van der Waals surface area contributed by atoms with Crippen LogP contribution in [0.4, 0.5) is 13.2 Å². The molecule has 2 nitrogen and oxygen atoms in total.